The number of rotatable bonds is 7. The number of hydrogen-bond donors (Lipinski definition) is 3. The second-order valence-electron chi connectivity index (χ2n) is 5.10. The normalized spacial score (nSPS) is 11.5. The monoisotopic (exact) mass is 424 g/mol. The lowest BCUT2D eigenvalue weighted by atomic mass is 10.1. The van der Waals surface area contributed by atoms with Crippen LogP contribution in [0.4, 0.5) is 0 Å². The van der Waals surface area contributed by atoms with Crippen molar-refractivity contribution in [3.63, 3.8) is 0 Å². The van der Waals surface area contributed by atoms with Crippen molar-refractivity contribution in [3.05, 3.63) is 24.2 Å². The summed E-state index contributed by atoms with van der Waals surface area (Å²) >= 11 is 0. The van der Waals surface area contributed by atoms with Gasteiger partial charge in [0.2, 0.25) is 5.91 Å². The average molecular weight is 424 g/mol. The molecule has 7 nitrogen and oxygen atoms in total. The minimum atomic E-state index is -0.306. The number of nitrogens with zero attached hydrogens (tertiary/aromatic N) is 1. The molecule has 0 saturated carbocycles. The van der Waals surface area contributed by atoms with E-state index in [0.29, 0.717) is 24.8 Å². The van der Waals surface area contributed by atoms with E-state index in [4.69, 9.17) is 9.15 Å². The number of methoxy groups -OCH3 is 1. The Balaban J connectivity index is 0.00000441. The van der Waals surface area contributed by atoms with E-state index in [9.17, 15) is 4.79 Å². The quantitative estimate of drug-likeness (QED) is 0.347. The Morgan fingerprint density at radius 2 is 2.09 bits per heavy atom. The van der Waals surface area contributed by atoms with Crippen LogP contribution in [0.5, 0.6) is 0 Å². The maximum atomic E-state index is 11.7. The SMILES string of the molecule is CN=C(NCC(=O)NCc1ccco1)NCC(C)(C)OC.I. The van der Waals surface area contributed by atoms with Crippen molar-refractivity contribution in [2.75, 3.05) is 27.2 Å². The number of amides is 1. The van der Waals surface area contributed by atoms with Gasteiger partial charge < -0.3 is 25.1 Å². The molecule has 22 heavy (non-hydrogen) atoms. The van der Waals surface area contributed by atoms with E-state index in [0.717, 1.165) is 0 Å². The molecular weight excluding hydrogens is 399 g/mol. The Labute approximate surface area is 148 Å². The molecule has 0 aliphatic carbocycles. The van der Waals surface area contributed by atoms with Gasteiger partial charge in [-0.2, -0.15) is 0 Å². The minimum absolute atomic E-state index is 0. The van der Waals surface area contributed by atoms with Crippen molar-refractivity contribution >= 4 is 35.8 Å². The van der Waals surface area contributed by atoms with Crippen LogP contribution in [-0.4, -0.2) is 44.7 Å². The van der Waals surface area contributed by atoms with Crippen molar-refractivity contribution in [2.45, 2.75) is 26.0 Å². The summed E-state index contributed by atoms with van der Waals surface area (Å²) in [5.41, 5.74) is -0.306. The zero-order valence-corrected chi connectivity index (χ0v) is 15.8. The highest BCUT2D eigenvalue weighted by atomic mass is 127. The maximum Gasteiger partial charge on any atom is 0.239 e. The van der Waals surface area contributed by atoms with Gasteiger partial charge in [-0.15, -0.1) is 24.0 Å². The lowest BCUT2D eigenvalue weighted by Gasteiger charge is -2.24. The zero-order chi connectivity index (χ0) is 15.7. The number of aliphatic imine (C=N–C) groups is 1. The molecule has 0 bridgehead atoms. The van der Waals surface area contributed by atoms with Gasteiger partial charge in [-0.25, -0.2) is 0 Å². The van der Waals surface area contributed by atoms with Gasteiger partial charge in [-0.05, 0) is 26.0 Å². The first kappa shape index (κ1) is 20.7. The van der Waals surface area contributed by atoms with Crippen LogP contribution in [0.1, 0.15) is 19.6 Å². The van der Waals surface area contributed by atoms with Gasteiger partial charge in [-0.3, -0.25) is 9.79 Å². The Morgan fingerprint density at radius 1 is 1.36 bits per heavy atom. The molecule has 0 radical (unpaired) electrons. The topological polar surface area (TPSA) is 87.9 Å². The van der Waals surface area contributed by atoms with Gasteiger partial charge >= 0.3 is 0 Å². The van der Waals surface area contributed by atoms with Gasteiger partial charge in [0, 0.05) is 20.7 Å². The highest BCUT2D eigenvalue weighted by Gasteiger charge is 2.16. The highest BCUT2D eigenvalue weighted by Crippen LogP contribution is 2.04. The second kappa shape index (κ2) is 10.4. The Kier molecular flexibility index (Phi) is 9.83. The summed E-state index contributed by atoms with van der Waals surface area (Å²) in [6, 6.07) is 3.59. The fourth-order valence-electron chi connectivity index (χ4n) is 1.41. The van der Waals surface area contributed by atoms with E-state index in [2.05, 4.69) is 20.9 Å². The molecular formula is C14H25IN4O3. The zero-order valence-electron chi connectivity index (χ0n) is 13.4. The number of nitrogens with one attached hydrogen (secondary N) is 3. The van der Waals surface area contributed by atoms with Crippen LogP contribution in [0.3, 0.4) is 0 Å². The summed E-state index contributed by atoms with van der Waals surface area (Å²) in [5, 5.41) is 8.78. The van der Waals surface area contributed by atoms with Gasteiger partial charge in [0.1, 0.15) is 5.76 Å². The molecule has 0 unspecified atom stereocenters. The molecule has 1 heterocycles. The van der Waals surface area contributed by atoms with Crippen LogP contribution < -0.4 is 16.0 Å². The van der Waals surface area contributed by atoms with Gasteiger partial charge in [-0.1, -0.05) is 0 Å². The molecule has 1 aromatic heterocycles. The predicted molar refractivity (Wildman–Crippen MR) is 96.4 cm³/mol. The molecule has 8 heteroatoms. The highest BCUT2D eigenvalue weighted by molar-refractivity contribution is 14.0. The number of carbonyl (C=O) groups excluding carboxylic acids is 1. The number of hydrogen-bond acceptors (Lipinski definition) is 4. The molecule has 0 spiro atoms. The second-order valence-corrected chi connectivity index (χ2v) is 5.10. The lowest BCUT2D eigenvalue weighted by Crippen LogP contribution is -2.47. The Hall–Kier alpha value is -1.29. The van der Waals surface area contributed by atoms with Crippen LogP contribution in [0, 0.1) is 0 Å². The van der Waals surface area contributed by atoms with E-state index >= 15 is 0 Å². The predicted octanol–water partition coefficient (Wildman–Crippen LogP) is 1.10. The number of ether oxygens (including phenoxy) is 1. The number of carbonyl (C=O) groups is 1. The van der Waals surface area contributed by atoms with E-state index in [-0.39, 0.29) is 42.0 Å². The van der Waals surface area contributed by atoms with Crippen LogP contribution in [0.15, 0.2) is 27.8 Å². The first-order chi connectivity index (χ1) is 9.96. The molecule has 1 aromatic rings. The summed E-state index contributed by atoms with van der Waals surface area (Å²) in [6.45, 7) is 5.01. The molecule has 0 aliphatic heterocycles. The third-order valence-corrected chi connectivity index (χ3v) is 2.91. The van der Waals surface area contributed by atoms with E-state index in [1.807, 2.05) is 13.8 Å². The molecule has 0 fully saturated rings. The third-order valence-electron chi connectivity index (χ3n) is 2.91. The Morgan fingerprint density at radius 3 is 2.64 bits per heavy atom. The molecule has 0 aliphatic rings. The van der Waals surface area contributed by atoms with Gasteiger partial charge in [0.15, 0.2) is 5.96 Å². The lowest BCUT2D eigenvalue weighted by molar-refractivity contribution is -0.120. The standard InChI is InChI=1S/C14H24N4O3.HI/c1-14(2,20-4)10-18-13(15-3)17-9-12(19)16-8-11-6-5-7-21-11;/h5-7H,8-10H2,1-4H3,(H,16,19)(H2,15,17,18);1H. The van der Waals surface area contributed by atoms with Gasteiger partial charge in [0.25, 0.3) is 0 Å². The van der Waals surface area contributed by atoms with Crippen LogP contribution in [0.25, 0.3) is 0 Å². The van der Waals surface area contributed by atoms with Crippen molar-refractivity contribution in [3.8, 4) is 0 Å². The van der Waals surface area contributed by atoms with Gasteiger partial charge in [0.05, 0.1) is 25.0 Å². The minimum Gasteiger partial charge on any atom is -0.467 e. The van der Waals surface area contributed by atoms with Crippen LogP contribution in [-0.2, 0) is 16.1 Å². The molecule has 1 rings (SSSR count). The Bertz CT molecular complexity index is 461. The first-order valence-corrected chi connectivity index (χ1v) is 6.75. The van der Waals surface area contributed by atoms with E-state index in [1.54, 1.807) is 32.6 Å². The molecule has 1 amide bonds. The van der Waals surface area contributed by atoms with E-state index in [1.165, 1.54) is 0 Å². The molecule has 0 saturated heterocycles. The van der Waals surface area contributed by atoms with Crippen molar-refractivity contribution in [1.29, 1.82) is 0 Å². The van der Waals surface area contributed by atoms with Crippen LogP contribution in [0.2, 0.25) is 0 Å². The summed E-state index contributed by atoms with van der Waals surface area (Å²) in [4.78, 5) is 15.7. The summed E-state index contributed by atoms with van der Waals surface area (Å²) in [5.74, 6) is 1.13. The first-order valence-electron chi connectivity index (χ1n) is 6.75. The maximum absolute atomic E-state index is 11.7. The smallest absolute Gasteiger partial charge is 0.239 e. The van der Waals surface area contributed by atoms with Crippen molar-refractivity contribution in [1.82, 2.24) is 16.0 Å². The van der Waals surface area contributed by atoms with Crippen molar-refractivity contribution in [2.24, 2.45) is 4.99 Å². The summed E-state index contributed by atoms with van der Waals surface area (Å²) < 4.78 is 10.4. The molecule has 0 atom stereocenters. The largest absolute Gasteiger partial charge is 0.467 e. The fraction of sp³-hybridized carbons (Fsp3) is 0.571. The third kappa shape index (κ3) is 8.23. The molecule has 3 N–H and O–H groups in total. The van der Waals surface area contributed by atoms with E-state index < -0.39 is 0 Å². The van der Waals surface area contributed by atoms with Crippen molar-refractivity contribution < 1.29 is 13.9 Å². The average Bonchev–Trinajstić information content (AvgIpc) is 2.98. The summed E-state index contributed by atoms with van der Waals surface area (Å²) in [6.07, 6.45) is 1.57. The fourth-order valence-corrected chi connectivity index (χ4v) is 1.41. The van der Waals surface area contributed by atoms with Crippen LogP contribution >= 0.6 is 24.0 Å². The summed E-state index contributed by atoms with van der Waals surface area (Å²) in [7, 11) is 3.30. The number of furan rings is 1. The molecule has 0 aromatic carbocycles. The number of halogens is 1. The molecule has 126 valence electrons. The number of guanidine groups is 1.